The van der Waals surface area contributed by atoms with Crippen LogP contribution in [0.15, 0.2) is 12.1 Å². The normalized spacial score (nSPS) is 18.9. The molecule has 1 saturated carbocycles. The predicted octanol–water partition coefficient (Wildman–Crippen LogP) is 1.44. The van der Waals surface area contributed by atoms with Crippen LogP contribution in [-0.2, 0) is 10.2 Å². The quantitative estimate of drug-likeness (QED) is 0.776. The van der Waals surface area contributed by atoms with Crippen molar-refractivity contribution in [1.29, 1.82) is 0 Å². The van der Waals surface area contributed by atoms with Gasteiger partial charge >= 0.3 is 16.2 Å². The summed E-state index contributed by atoms with van der Waals surface area (Å²) >= 11 is 0. The number of amides is 1. The molecule has 1 aromatic rings. The molecule has 1 aliphatic carbocycles. The number of benzene rings is 1. The van der Waals surface area contributed by atoms with Crippen molar-refractivity contribution in [3.8, 4) is 0 Å². The first kappa shape index (κ1) is 19.6. The van der Waals surface area contributed by atoms with Gasteiger partial charge < -0.3 is 10.0 Å². The zero-order chi connectivity index (χ0) is 20.0. The van der Waals surface area contributed by atoms with Crippen molar-refractivity contribution in [1.82, 2.24) is 9.03 Å². The SMILES string of the molecule is CN(C)c1cc(C(=O)O)c(F)cc1C(=O)NS(=O)(=O)N1CCC2(CC1)CC2. The number of carboxylic acids is 1. The van der Waals surface area contributed by atoms with E-state index in [0.717, 1.165) is 37.8 Å². The lowest BCUT2D eigenvalue weighted by Crippen LogP contribution is -2.47. The van der Waals surface area contributed by atoms with E-state index in [1.165, 1.54) is 9.21 Å². The second kappa shape index (κ2) is 6.75. The molecule has 0 bridgehead atoms. The van der Waals surface area contributed by atoms with Crippen molar-refractivity contribution in [3.05, 3.63) is 29.1 Å². The molecule has 2 N–H and O–H groups in total. The number of rotatable bonds is 5. The largest absolute Gasteiger partial charge is 0.478 e. The zero-order valence-electron chi connectivity index (χ0n) is 15.2. The number of nitrogens with zero attached hydrogens (tertiary/aromatic N) is 2. The molecule has 1 aliphatic heterocycles. The summed E-state index contributed by atoms with van der Waals surface area (Å²) < 4.78 is 42.3. The second-order valence-electron chi connectivity index (χ2n) is 7.38. The van der Waals surface area contributed by atoms with Crippen LogP contribution in [0.2, 0.25) is 0 Å². The molecule has 0 atom stereocenters. The third kappa shape index (κ3) is 3.91. The minimum absolute atomic E-state index is 0.108. The van der Waals surface area contributed by atoms with Crippen LogP contribution in [0.1, 0.15) is 46.4 Å². The Morgan fingerprint density at radius 1 is 1.15 bits per heavy atom. The fourth-order valence-electron chi connectivity index (χ4n) is 3.39. The summed E-state index contributed by atoms with van der Waals surface area (Å²) in [6.45, 7) is 0.685. The van der Waals surface area contributed by atoms with Crippen LogP contribution in [0.4, 0.5) is 10.1 Å². The Hall–Kier alpha value is -2.20. The second-order valence-corrected chi connectivity index (χ2v) is 9.05. The minimum atomic E-state index is -4.06. The van der Waals surface area contributed by atoms with Crippen molar-refractivity contribution in [2.24, 2.45) is 5.41 Å². The third-order valence-electron chi connectivity index (χ3n) is 5.34. The molecule has 2 aliphatic rings. The number of hydrogen-bond acceptors (Lipinski definition) is 5. The van der Waals surface area contributed by atoms with E-state index < -0.39 is 33.5 Å². The van der Waals surface area contributed by atoms with E-state index in [0.29, 0.717) is 13.1 Å². The van der Waals surface area contributed by atoms with Crippen LogP contribution in [0, 0.1) is 11.2 Å². The fraction of sp³-hybridized carbons (Fsp3) is 0.529. The number of carbonyl (C=O) groups is 2. The molecular formula is C17H22FN3O5S. The molecule has 1 aromatic carbocycles. The molecule has 0 aromatic heterocycles. The summed E-state index contributed by atoms with van der Waals surface area (Å²) in [5, 5.41) is 9.04. The number of halogens is 1. The van der Waals surface area contributed by atoms with Crippen molar-refractivity contribution in [2.75, 3.05) is 32.1 Å². The lowest BCUT2D eigenvalue weighted by molar-refractivity contribution is 0.0691. The molecule has 1 amide bonds. The van der Waals surface area contributed by atoms with E-state index in [1.807, 2.05) is 4.72 Å². The summed E-state index contributed by atoms with van der Waals surface area (Å²) in [4.78, 5) is 25.1. The molecule has 1 spiro atoms. The maximum absolute atomic E-state index is 14.0. The molecule has 27 heavy (non-hydrogen) atoms. The first-order chi connectivity index (χ1) is 12.5. The van der Waals surface area contributed by atoms with Crippen molar-refractivity contribution in [3.63, 3.8) is 0 Å². The van der Waals surface area contributed by atoms with Gasteiger partial charge in [0.15, 0.2) is 0 Å². The topological polar surface area (TPSA) is 107 Å². The highest BCUT2D eigenvalue weighted by atomic mass is 32.2. The van der Waals surface area contributed by atoms with Gasteiger partial charge in [-0.1, -0.05) is 0 Å². The number of piperidine rings is 1. The molecule has 2 fully saturated rings. The van der Waals surface area contributed by atoms with Crippen molar-refractivity contribution in [2.45, 2.75) is 25.7 Å². The van der Waals surface area contributed by atoms with Gasteiger partial charge in [-0.05, 0) is 43.2 Å². The Labute approximate surface area is 157 Å². The van der Waals surface area contributed by atoms with Gasteiger partial charge in [-0.3, -0.25) is 4.79 Å². The lowest BCUT2D eigenvalue weighted by atomic mass is 9.95. The van der Waals surface area contributed by atoms with Crippen LogP contribution >= 0.6 is 0 Å². The number of carbonyl (C=O) groups excluding carboxylic acids is 1. The van der Waals surface area contributed by atoms with Gasteiger partial charge in [-0.15, -0.1) is 0 Å². The highest BCUT2D eigenvalue weighted by Crippen LogP contribution is 2.53. The summed E-state index contributed by atoms with van der Waals surface area (Å²) in [6, 6.07) is 1.76. The average Bonchev–Trinajstić information content (AvgIpc) is 3.32. The van der Waals surface area contributed by atoms with Gasteiger partial charge in [0, 0.05) is 27.2 Å². The highest BCUT2D eigenvalue weighted by molar-refractivity contribution is 7.87. The first-order valence-corrected chi connectivity index (χ1v) is 10.1. The Kier molecular flexibility index (Phi) is 4.89. The number of nitrogens with one attached hydrogen (secondary N) is 1. The number of hydrogen-bond donors (Lipinski definition) is 2. The standard InChI is InChI=1S/C17H22FN3O5S/c1-20(2)14-10-11(16(23)24)13(18)9-12(14)15(22)19-27(25,26)21-7-5-17(3-4-17)6-8-21/h9-10H,3-8H2,1-2H3,(H,19,22)(H,23,24). The lowest BCUT2D eigenvalue weighted by Gasteiger charge is -2.31. The summed E-state index contributed by atoms with van der Waals surface area (Å²) in [7, 11) is -0.967. The highest BCUT2D eigenvalue weighted by Gasteiger charge is 2.46. The summed E-state index contributed by atoms with van der Waals surface area (Å²) in [5.41, 5.74) is -0.452. The number of anilines is 1. The fourth-order valence-corrected chi connectivity index (χ4v) is 4.53. The van der Waals surface area contributed by atoms with E-state index >= 15 is 0 Å². The Morgan fingerprint density at radius 2 is 1.74 bits per heavy atom. The van der Waals surface area contributed by atoms with E-state index in [9.17, 15) is 22.4 Å². The predicted molar refractivity (Wildman–Crippen MR) is 96.5 cm³/mol. The third-order valence-corrected chi connectivity index (χ3v) is 6.83. The number of aromatic carboxylic acids is 1. The Morgan fingerprint density at radius 3 is 2.22 bits per heavy atom. The van der Waals surface area contributed by atoms with Crippen LogP contribution in [0.25, 0.3) is 0 Å². The smallest absolute Gasteiger partial charge is 0.338 e. The van der Waals surface area contributed by atoms with Crippen LogP contribution in [-0.4, -0.2) is 56.9 Å². The maximum Gasteiger partial charge on any atom is 0.338 e. The molecule has 1 heterocycles. The van der Waals surface area contributed by atoms with Crippen molar-refractivity contribution >= 4 is 27.8 Å². The molecule has 0 radical (unpaired) electrons. The van der Waals surface area contributed by atoms with Crippen LogP contribution in [0.5, 0.6) is 0 Å². The average molecular weight is 399 g/mol. The van der Waals surface area contributed by atoms with E-state index in [2.05, 4.69) is 0 Å². The molecular weight excluding hydrogens is 377 g/mol. The van der Waals surface area contributed by atoms with Gasteiger partial charge in [0.2, 0.25) is 0 Å². The Bertz CT molecular complexity index is 886. The maximum atomic E-state index is 14.0. The summed E-state index contributed by atoms with van der Waals surface area (Å²) in [6.07, 6.45) is 3.78. The van der Waals surface area contributed by atoms with E-state index in [1.54, 1.807) is 14.1 Å². The minimum Gasteiger partial charge on any atom is -0.478 e. The zero-order valence-corrected chi connectivity index (χ0v) is 16.0. The van der Waals surface area contributed by atoms with Crippen LogP contribution < -0.4 is 9.62 Å². The molecule has 3 rings (SSSR count). The molecule has 8 nitrogen and oxygen atoms in total. The van der Waals surface area contributed by atoms with E-state index in [4.69, 9.17) is 5.11 Å². The summed E-state index contributed by atoms with van der Waals surface area (Å²) in [5.74, 6) is -3.58. The van der Waals surface area contributed by atoms with Gasteiger partial charge in [0.1, 0.15) is 5.82 Å². The molecule has 148 valence electrons. The van der Waals surface area contributed by atoms with Crippen molar-refractivity contribution < 1.29 is 27.5 Å². The van der Waals surface area contributed by atoms with Gasteiger partial charge in [0.05, 0.1) is 16.8 Å². The van der Waals surface area contributed by atoms with Crippen LogP contribution in [0.3, 0.4) is 0 Å². The molecule has 1 saturated heterocycles. The van der Waals surface area contributed by atoms with E-state index in [-0.39, 0.29) is 16.7 Å². The Balaban J connectivity index is 1.82. The molecule has 0 unspecified atom stereocenters. The monoisotopic (exact) mass is 399 g/mol. The first-order valence-electron chi connectivity index (χ1n) is 8.61. The molecule has 10 heteroatoms. The van der Waals surface area contributed by atoms with Gasteiger partial charge in [0.25, 0.3) is 5.91 Å². The van der Waals surface area contributed by atoms with Gasteiger partial charge in [-0.25, -0.2) is 13.9 Å². The van der Waals surface area contributed by atoms with Gasteiger partial charge in [-0.2, -0.15) is 12.7 Å². The number of carboxylic acid groups (broad SMARTS) is 1.